The fourth-order valence-electron chi connectivity index (χ4n) is 4.71. The van der Waals surface area contributed by atoms with Crippen LogP contribution in [0.4, 0.5) is 14.6 Å². The number of rotatable bonds is 8. The molecule has 5 rings (SSSR count). The Balaban J connectivity index is 1.80. The Morgan fingerprint density at radius 1 is 1.10 bits per heavy atom. The number of benzene rings is 2. The van der Waals surface area contributed by atoms with Crippen LogP contribution in [0, 0.1) is 11.6 Å². The molecule has 3 aromatic heterocycles. The predicted molar refractivity (Wildman–Crippen MR) is 156 cm³/mol. The minimum atomic E-state index is -3.73. The lowest BCUT2D eigenvalue weighted by Crippen LogP contribution is -2.30. The van der Waals surface area contributed by atoms with Crippen molar-refractivity contribution in [3.8, 4) is 11.6 Å². The topological polar surface area (TPSA) is 147 Å². The highest BCUT2D eigenvalue weighted by molar-refractivity contribution is 7.92. The van der Waals surface area contributed by atoms with Crippen LogP contribution in [0.2, 0.25) is 5.02 Å². The van der Waals surface area contributed by atoms with E-state index in [2.05, 4.69) is 19.8 Å². The quantitative estimate of drug-likeness (QED) is 0.266. The molecule has 0 saturated heterocycles. The number of sulfonamides is 1. The molecule has 0 saturated carbocycles. The van der Waals surface area contributed by atoms with E-state index >= 15 is 0 Å². The smallest absolute Gasteiger partial charge is 0.267 e. The van der Waals surface area contributed by atoms with Crippen LogP contribution in [0.1, 0.15) is 31.3 Å². The number of aryl methyl sites for hydroxylation is 1. The fraction of sp³-hybridized carbons (Fsp3) is 0.259. The van der Waals surface area contributed by atoms with E-state index < -0.39 is 33.3 Å². The molecule has 5 aromatic rings. The Morgan fingerprint density at radius 3 is 2.43 bits per heavy atom. The Kier molecular flexibility index (Phi) is 7.64. The molecule has 0 bridgehead atoms. The highest BCUT2D eigenvalue weighted by Gasteiger charge is 2.25. The molecule has 3 N–H and O–H groups in total. The van der Waals surface area contributed by atoms with Gasteiger partial charge in [-0.3, -0.25) is 18.8 Å². The summed E-state index contributed by atoms with van der Waals surface area (Å²) < 4.78 is 62.6. The first-order chi connectivity index (χ1) is 19.7. The van der Waals surface area contributed by atoms with Crippen LogP contribution in [0.3, 0.4) is 0 Å². The highest BCUT2D eigenvalue weighted by Crippen LogP contribution is 2.35. The van der Waals surface area contributed by atoms with Gasteiger partial charge in [-0.2, -0.15) is 10.1 Å². The van der Waals surface area contributed by atoms with Crippen molar-refractivity contribution in [2.45, 2.75) is 32.4 Å². The van der Waals surface area contributed by atoms with Crippen LogP contribution in [0.25, 0.3) is 27.6 Å². The maximum Gasteiger partial charge on any atom is 0.267 e. The lowest BCUT2D eigenvalue weighted by Gasteiger charge is -2.20. The average molecular weight is 618 g/mol. The molecular weight excluding hydrogens is 592 g/mol. The number of nitrogens with one attached hydrogen (secondary N) is 1. The zero-order chi connectivity index (χ0) is 30.5. The number of anilines is 1. The fourth-order valence-corrected chi connectivity index (χ4v) is 5.45. The molecule has 0 spiro atoms. The van der Waals surface area contributed by atoms with Crippen LogP contribution in [0.15, 0.2) is 47.3 Å². The molecule has 0 radical (unpaired) electrons. The lowest BCUT2D eigenvalue weighted by molar-refractivity contribution is 0.233. The molecule has 0 fully saturated rings. The van der Waals surface area contributed by atoms with Gasteiger partial charge in [-0.15, -0.1) is 0 Å². The third-order valence-corrected chi connectivity index (χ3v) is 7.12. The molecule has 220 valence electrons. The molecular formula is C27H26ClF2N7O4S. The van der Waals surface area contributed by atoms with Crippen molar-refractivity contribution >= 4 is 49.4 Å². The van der Waals surface area contributed by atoms with Gasteiger partial charge < -0.3 is 10.5 Å². The molecule has 1 unspecified atom stereocenters. The SMILES string of the molecule is CC(C)Oc1ccc2c(=O)n(-c3ccc(Cl)c4c(NS(C)(=O)=O)nn(C)c34)c(C(N)Cc3cc(F)cc(F)c3)nc2n1. The van der Waals surface area contributed by atoms with E-state index in [1.807, 2.05) is 13.8 Å². The van der Waals surface area contributed by atoms with Crippen molar-refractivity contribution in [1.82, 2.24) is 24.3 Å². The largest absolute Gasteiger partial charge is 0.475 e. The van der Waals surface area contributed by atoms with Gasteiger partial charge in [0.25, 0.3) is 5.56 Å². The van der Waals surface area contributed by atoms with E-state index in [1.54, 1.807) is 19.2 Å². The Morgan fingerprint density at radius 2 is 1.79 bits per heavy atom. The monoisotopic (exact) mass is 617 g/mol. The van der Waals surface area contributed by atoms with Gasteiger partial charge in [0.2, 0.25) is 15.9 Å². The van der Waals surface area contributed by atoms with Gasteiger partial charge in [0.05, 0.1) is 45.4 Å². The molecule has 0 aliphatic rings. The normalized spacial score (nSPS) is 12.8. The number of nitrogens with two attached hydrogens (primary N) is 1. The molecule has 3 heterocycles. The van der Waals surface area contributed by atoms with Crippen LogP contribution in [-0.4, -0.2) is 45.1 Å². The summed E-state index contributed by atoms with van der Waals surface area (Å²) in [5.74, 6) is -1.33. The first-order valence-electron chi connectivity index (χ1n) is 12.7. The molecule has 42 heavy (non-hydrogen) atoms. The number of nitrogens with zero attached hydrogens (tertiary/aromatic N) is 5. The van der Waals surface area contributed by atoms with Crippen molar-refractivity contribution in [3.05, 3.63) is 80.9 Å². The molecule has 1 atom stereocenters. The highest BCUT2D eigenvalue weighted by atomic mass is 35.5. The zero-order valence-corrected chi connectivity index (χ0v) is 24.5. The van der Waals surface area contributed by atoms with Crippen molar-refractivity contribution in [3.63, 3.8) is 0 Å². The van der Waals surface area contributed by atoms with E-state index in [0.29, 0.717) is 5.52 Å². The number of fused-ring (bicyclic) bond motifs is 2. The summed E-state index contributed by atoms with van der Waals surface area (Å²) in [4.78, 5) is 23.1. The standard InChI is InChI=1S/C27H26ClF2N7O4S/c1-13(2)41-21-8-5-17-24(32-21)33-26(19(31)11-14-9-15(29)12-16(30)10-14)37(27(17)38)20-7-6-18(28)22-23(20)36(3)34-25(22)35-42(4,39)40/h5-10,12-13,19H,11,31H2,1-4H3,(H,34,35). The average Bonchev–Trinajstić information content (AvgIpc) is 3.18. The van der Waals surface area contributed by atoms with E-state index in [4.69, 9.17) is 22.1 Å². The van der Waals surface area contributed by atoms with Gasteiger partial charge in [-0.05, 0) is 56.2 Å². The van der Waals surface area contributed by atoms with Crippen molar-refractivity contribution in [2.24, 2.45) is 12.8 Å². The zero-order valence-electron chi connectivity index (χ0n) is 22.9. The Labute approximate surface area is 243 Å². The van der Waals surface area contributed by atoms with E-state index in [1.165, 1.54) is 21.4 Å². The van der Waals surface area contributed by atoms with Crippen LogP contribution < -0.4 is 20.8 Å². The summed E-state index contributed by atoms with van der Waals surface area (Å²) in [5.41, 5.74) is 6.86. The molecule has 0 aliphatic heterocycles. The van der Waals surface area contributed by atoms with Gasteiger partial charge in [0, 0.05) is 19.2 Å². The van der Waals surface area contributed by atoms with Crippen LogP contribution in [0.5, 0.6) is 5.88 Å². The van der Waals surface area contributed by atoms with Gasteiger partial charge in [0.15, 0.2) is 11.5 Å². The minimum Gasteiger partial charge on any atom is -0.475 e. The maximum atomic E-state index is 14.1. The van der Waals surface area contributed by atoms with Gasteiger partial charge >= 0.3 is 0 Å². The van der Waals surface area contributed by atoms with Gasteiger partial charge in [-0.25, -0.2) is 22.2 Å². The molecule has 2 aromatic carbocycles. The number of halogens is 3. The minimum absolute atomic E-state index is 0.0220. The third kappa shape index (κ3) is 5.78. The van der Waals surface area contributed by atoms with Crippen molar-refractivity contribution in [2.75, 3.05) is 11.0 Å². The molecule has 0 amide bonds. The number of hydrogen-bond donors (Lipinski definition) is 2. The maximum absolute atomic E-state index is 14.1. The second-order valence-electron chi connectivity index (χ2n) is 10.0. The summed E-state index contributed by atoms with van der Waals surface area (Å²) in [6.45, 7) is 3.65. The summed E-state index contributed by atoms with van der Waals surface area (Å²) >= 11 is 6.49. The number of hydrogen-bond acceptors (Lipinski definition) is 8. The van der Waals surface area contributed by atoms with E-state index in [9.17, 15) is 22.0 Å². The molecule has 15 heteroatoms. The summed E-state index contributed by atoms with van der Waals surface area (Å²) in [6, 6.07) is 8.08. The van der Waals surface area contributed by atoms with Crippen LogP contribution in [-0.2, 0) is 23.5 Å². The number of ether oxygens (including phenoxy) is 1. The summed E-state index contributed by atoms with van der Waals surface area (Å²) in [7, 11) is -2.17. The molecule has 0 aliphatic carbocycles. The Hall–Kier alpha value is -4.14. The van der Waals surface area contributed by atoms with Crippen molar-refractivity contribution in [1.29, 1.82) is 0 Å². The van der Waals surface area contributed by atoms with E-state index in [-0.39, 0.29) is 62.7 Å². The second kappa shape index (κ2) is 10.9. The summed E-state index contributed by atoms with van der Waals surface area (Å²) in [6.07, 6.45) is 0.694. The predicted octanol–water partition coefficient (Wildman–Crippen LogP) is 4.00. The first kappa shape index (κ1) is 29.4. The third-order valence-electron chi connectivity index (χ3n) is 6.24. The molecule has 11 nitrogen and oxygen atoms in total. The Bertz CT molecular complexity index is 2010. The van der Waals surface area contributed by atoms with E-state index in [0.717, 1.165) is 24.5 Å². The van der Waals surface area contributed by atoms with Gasteiger partial charge in [-0.1, -0.05) is 11.6 Å². The second-order valence-corrected chi connectivity index (χ2v) is 12.2. The summed E-state index contributed by atoms with van der Waals surface area (Å²) in [5, 5.41) is 4.83. The van der Waals surface area contributed by atoms with Crippen LogP contribution >= 0.6 is 11.6 Å². The lowest BCUT2D eigenvalue weighted by atomic mass is 10.0. The van der Waals surface area contributed by atoms with Gasteiger partial charge in [0.1, 0.15) is 17.5 Å². The van der Waals surface area contributed by atoms with Crippen molar-refractivity contribution < 1.29 is 21.9 Å². The number of aromatic nitrogens is 5. The first-order valence-corrected chi connectivity index (χ1v) is 14.9. The number of pyridine rings is 1.